The zero-order valence-electron chi connectivity index (χ0n) is 7.53. The van der Waals surface area contributed by atoms with Crippen LogP contribution in [0.15, 0.2) is 24.3 Å². The van der Waals surface area contributed by atoms with Gasteiger partial charge in [0.05, 0.1) is 24.3 Å². The summed E-state index contributed by atoms with van der Waals surface area (Å²) in [5.74, 6) is 0. The van der Waals surface area contributed by atoms with Crippen molar-refractivity contribution in [1.29, 1.82) is 5.26 Å². The van der Waals surface area contributed by atoms with Gasteiger partial charge in [0.1, 0.15) is 0 Å². The Morgan fingerprint density at radius 1 is 1.62 bits per heavy atom. The van der Waals surface area contributed by atoms with E-state index >= 15 is 0 Å². The van der Waals surface area contributed by atoms with Gasteiger partial charge in [0.2, 0.25) is 0 Å². The fourth-order valence-corrected chi connectivity index (χ4v) is 1.11. The molecule has 0 amide bonds. The summed E-state index contributed by atoms with van der Waals surface area (Å²) in [7, 11) is 1.61. The molecule has 1 aromatic carbocycles. The molecular formula is C10H12N2O. The lowest BCUT2D eigenvalue weighted by Gasteiger charge is -2.10. The Kier molecular flexibility index (Phi) is 3.44. The number of nitriles is 1. The summed E-state index contributed by atoms with van der Waals surface area (Å²) < 4.78 is 4.92. The standard InChI is InChI=1S/C10H12N2O/c1-13-7-10(12)9-4-2-3-8(5-9)6-11/h2-5,10H,7,12H2,1H3/t10-/m0/s1. The molecule has 0 unspecified atom stereocenters. The summed E-state index contributed by atoms with van der Waals surface area (Å²) in [4.78, 5) is 0. The van der Waals surface area contributed by atoms with Crippen LogP contribution in [0.25, 0.3) is 0 Å². The van der Waals surface area contributed by atoms with E-state index in [9.17, 15) is 0 Å². The maximum Gasteiger partial charge on any atom is 0.0991 e. The molecule has 3 nitrogen and oxygen atoms in total. The Hall–Kier alpha value is -1.37. The molecule has 1 aromatic rings. The molecule has 0 saturated heterocycles. The molecule has 0 aliphatic rings. The maximum atomic E-state index is 8.65. The van der Waals surface area contributed by atoms with Crippen LogP contribution < -0.4 is 5.73 Å². The molecule has 0 saturated carbocycles. The van der Waals surface area contributed by atoms with Crippen LogP contribution in [0.2, 0.25) is 0 Å². The van der Waals surface area contributed by atoms with Crippen LogP contribution in [0.3, 0.4) is 0 Å². The predicted molar refractivity (Wildman–Crippen MR) is 50.0 cm³/mol. The molecule has 0 fully saturated rings. The second-order valence-corrected chi connectivity index (χ2v) is 2.80. The summed E-state index contributed by atoms with van der Waals surface area (Å²) in [5, 5.41) is 8.65. The molecule has 1 atom stereocenters. The summed E-state index contributed by atoms with van der Waals surface area (Å²) >= 11 is 0. The second kappa shape index (κ2) is 4.61. The van der Waals surface area contributed by atoms with Gasteiger partial charge in [0, 0.05) is 7.11 Å². The van der Waals surface area contributed by atoms with E-state index in [-0.39, 0.29) is 6.04 Å². The van der Waals surface area contributed by atoms with Crippen molar-refractivity contribution in [3.63, 3.8) is 0 Å². The first-order valence-corrected chi connectivity index (χ1v) is 4.02. The predicted octanol–water partition coefficient (Wildman–Crippen LogP) is 1.20. The number of hydrogen-bond acceptors (Lipinski definition) is 3. The minimum Gasteiger partial charge on any atom is -0.383 e. The Bertz CT molecular complexity index is 317. The van der Waals surface area contributed by atoms with E-state index in [0.717, 1.165) is 5.56 Å². The molecule has 0 aliphatic heterocycles. The number of rotatable bonds is 3. The molecule has 13 heavy (non-hydrogen) atoms. The molecule has 0 bridgehead atoms. The summed E-state index contributed by atoms with van der Waals surface area (Å²) in [6, 6.07) is 9.16. The quantitative estimate of drug-likeness (QED) is 0.752. The van der Waals surface area contributed by atoms with Crippen LogP contribution in [0.5, 0.6) is 0 Å². The third kappa shape index (κ3) is 2.55. The van der Waals surface area contributed by atoms with Crippen LogP contribution in [-0.4, -0.2) is 13.7 Å². The molecular weight excluding hydrogens is 164 g/mol. The highest BCUT2D eigenvalue weighted by molar-refractivity contribution is 5.34. The van der Waals surface area contributed by atoms with Crippen LogP contribution >= 0.6 is 0 Å². The molecule has 0 aromatic heterocycles. The fourth-order valence-electron chi connectivity index (χ4n) is 1.11. The monoisotopic (exact) mass is 176 g/mol. The molecule has 0 spiro atoms. The largest absolute Gasteiger partial charge is 0.383 e. The van der Waals surface area contributed by atoms with Crippen molar-refractivity contribution in [1.82, 2.24) is 0 Å². The number of methoxy groups -OCH3 is 1. The highest BCUT2D eigenvalue weighted by atomic mass is 16.5. The van der Waals surface area contributed by atoms with Crippen LogP contribution in [-0.2, 0) is 4.74 Å². The molecule has 68 valence electrons. The zero-order valence-corrected chi connectivity index (χ0v) is 7.53. The van der Waals surface area contributed by atoms with E-state index in [1.165, 1.54) is 0 Å². The number of hydrogen-bond donors (Lipinski definition) is 1. The average Bonchev–Trinajstić information content (AvgIpc) is 2.18. The normalized spacial score (nSPS) is 12.1. The van der Waals surface area contributed by atoms with Crippen molar-refractivity contribution in [2.45, 2.75) is 6.04 Å². The van der Waals surface area contributed by atoms with Crippen molar-refractivity contribution >= 4 is 0 Å². The van der Waals surface area contributed by atoms with Crippen molar-refractivity contribution in [2.75, 3.05) is 13.7 Å². The lowest BCUT2D eigenvalue weighted by Crippen LogP contribution is -2.15. The van der Waals surface area contributed by atoms with Gasteiger partial charge in [-0.3, -0.25) is 0 Å². The number of ether oxygens (including phenoxy) is 1. The highest BCUT2D eigenvalue weighted by Gasteiger charge is 2.05. The van der Waals surface area contributed by atoms with Gasteiger partial charge in [-0.25, -0.2) is 0 Å². The minimum absolute atomic E-state index is 0.154. The molecule has 2 N–H and O–H groups in total. The Labute approximate surface area is 77.7 Å². The van der Waals surface area contributed by atoms with E-state index in [2.05, 4.69) is 6.07 Å². The van der Waals surface area contributed by atoms with E-state index in [4.69, 9.17) is 15.7 Å². The Balaban J connectivity index is 2.83. The van der Waals surface area contributed by atoms with Gasteiger partial charge in [0.15, 0.2) is 0 Å². The van der Waals surface area contributed by atoms with Gasteiger partial charge in [0.25, 0.3) is 0 Å². The minimum atomic E-state index is -0.154. The molecule has 0 radical (unpaired) electrons. The number of benzene rings is 1. The van der Waals surface area contributed by atoms with E-state index < -0.39 is 0 Å². The summed E-state index contributed by atoms with van der Waals surface area (Å²) in [5.41, 5.74) is 7.35. The fraction of sp³-hybridized carbons (Fsp3) is 0.300. The molecule has 0 heterocycles. The molecule has 1 rings (SSSR count). The van der Waals surface area contributed by atoms with Crippen LogP contribution in [0.4, 0.5) is 0 Å². The van der Waals surface area contributed by atoms with Gasteiger partial charge in [-0.2, -0.15) is 5.26 Å². The SMILES string of the molecule is COC[C@H](N)c1cccc(C#N)c1. The Morgan fingerprint density at radius 3 is 3.00 bits per heavy atom. The first-order valence-electron chi connectivity index (χ1n) is 4.02. The lowest BCUT2D eigenvalue weighted by molar-refractivity contribution is 0.181. The third-order valence-corrected chi connectivity index (χ3v) is 1.79. The molecule has 3 heteroatoms. The van der Waals surface area contributed by atoms with Gasteiger partial charge < -0.3 is 10.5 Å². The van der Waals surface area contributed by atoms with Crippen molar-refractivity contribution in [3.8, 4) is 6.07 Å². The first-order chi connectivity index (χ1) is 6.27. The van der Waals surface area contributed by atoms with Gasteiger partial charge >= 0.3 is 0 Å². The lowest BCUT2D eigenvalue weighted by atomic mass is 10.1. The summed E-state index contributed by atoms with van der Waals surface area (Å²) in [6.45, 7) is 0.467. The van der Waals surface area contributed by atoms with E-state index in [1.54, 1.807) is 19.2 Å². The van der Waals surface area contributed by atoms with Gasteiger partial charge in [-0.15, -0.1) is 0 Å². The average molecular weight is 176 g/mol. The Morgan fingerprint density at radius 2 is 2.38 bits per heavy atom. The smallest absolute Gasteiger partial charge is 0.0991 e. The third-order valence-electron chi connectivity index (χ3n) is 1.79. The van der Waals surface area contributed by atoms with Gasteiger partial charge in [-0.05, 0) is 17.7 Å². The van der Waals surface area contributed by atoms with Crippen LogP contribution in [0.1, 0.15) is 17.2 Å². The first kappa shape index (κ1) is 9.72. The van der Waals surface area contributed by atoms with Gasteiger partial charge in [-0.1, -0.05) is 12.1 Å². The second-order valence-electron chi connectivity index (χ2n) is 2.80. The van der Waals surface area contributed by atoms with Crippen LogP contribution in [0, 0.1) is 11.3 Å². The van der Waals surface area contributed by atoms with E-state index in [1.807, 2.05) is 12.1 Å². The zero-order chi connectivity index (χ0) is 9.68. The molecule has 0 aliphatic carbocycles. The van der Waals surface area contributed by atoms with Crippen molar-refractivity contribution in [3.05, 3.63) is 35.4 Å². The van der Waals surface area contributed by atoms with Crippen molar-refractivity contribution < 1.29 is 4.74 Å². The number of nitrogens with zero attached hydrogens (tertiary/aromatic N) is 1. The topological polar surface area (TPSA) is 59.0 Å². The number of nitrogens with two attached hydrogens (primary N) is 1. The summed E-state index contributed by atoms with van der Waals surface area (Å²) in [6.07, 6.45) is 0. The highest BCUT2D eigenvalue weighted by Crippen LogP contribution is 2.11. The maximum absolute atomic E-state index is 8.65. The van der Waals surface area contributed by atoms with Crippen molar-refractivity contribution in [2.24, 2.45) is 5.73 Å². The van der Waals surface area contributed by atoms with E-state index in [0.29, 0.717) is 12.2 Å².